The van der Waals surface area contributed by atoms with Crippen LogP contribution in [0.4, 0.5) is 4.39 Å². The third-order valence-corrected chi connectivity index (χ3v) is 6.73. The van der Waals surface area contributed by atoms with Gasteiger partial charge in [-0.2, -0.15) is 0 Å². The van der Waals surface area contributed by atoms with Gasteiger partial charge >= 0.3 is 0 Å². The highest BCUT2D eigenvalue weighted by atomic mass is 19.1. The molecular formula is C23H27FN4O2. The van der Waals surface area contributed by atoms with Gasteiger partial charge in [0.25, 0.3) is 11.5 Å². The number of halogens is 1. The van der Waals surface area contributed by atoms with Gasteiger partial charge in [0.15, 0.2) is 0 Å². The lowest BCUT2D eigenvalue weighted by Crippen LogP contribution is -2.48. The molecule has 7 heteroatoms. The van der Waals surface area contributed by atoms with Crippen LogP contribution < -0.4 is 5.56 Å². The van der Waals surface area contributed by atoms with Gasteiger partial charge in [0, 0.05) is 57.1 Å². The SMILES string of the molecule is O=C(c1ccc2n(c1=O)C[C@H]1C[C@@H]2CN(Cc2ccccn2)C1)N1CCC(F)CC1. The van der Waals surface area contributed by atoms with E-state index in [9.17, 15) is 14.0 Å². The molecule has 2 atom stereocenters. The molecule has 1 amide bonds. The first-order valence-electron chi connectivity index (χ1n) is 10.9. The maximum Gasteiger partial charge on any atom is 0.263 e. The Morgan fingerprint density at radius 1 is 1.10 bits per heavy atom. The Morgan fingerprint density at radius 2 is 1.93 bits per heavy atom. The first kappa shape index (κ1) is 19.4. The summed E-state index contributed by atoms with van der Waals surface area (Å²) in [6.45, 7) is 4.06. The van der Waals surface area contributed by atoms with E-state index in [1.54, 1.807) is 11.0 Å². The Labute approximate surface area is 175 Å². The number of hydrogen-bond donors (Lipinski definition) is 0. The molecule has 2 aromatic heterocycles. The lowest BCUT2D eigenvalue weighted by atomic mass is 9.83. The van der Waals surface area contributed by atoms with E-state index in [1.165, 1.54) is 0 Å². The van der Waals surface area contributed by atoms with Crippen LogP contribution in [-0.4, -0.2) is 57.6 Å². The lowest BCUT2D eigenvalue weighted by Gasteiger charge is -2.42. The van der Waals surface area contributed by atoms with E-state index in [0.717, 1.165) is 37.4 Å². The predicted octanol–water partition coefficient (Wildman–Crippen LogP) is 2.44. The molecule has 0 unspecified atom stereocenters. The van der Waals surface area contributed by atoms with Gasteiger partial charge in [-0.25, -0.2) is 4.39 Å². The molecule has 30 heavy (non-hydrogen) atoms. The zero-order valence-corrected chi connectivity index (χ0v) is 17.0. The van der Waals surface area contributed by atoms with Crippen molar-refractivity contribution in [3.63, 3.8) is 0 Å². The number of likely N-dealkylation sites (tertiary alicyclic amines) is 2. The number of alkyl halides is 1. The summed E-state index contributed by atoms with van der Waals surface area (Å²) in [5.74, 6) is 0.431. The summed E-state index contributed by atoms with van der Waals surface area (Å²) in [7, 11) is 0. The van der Waals surface area contributed by atoms with Crippen LogP contribution in [0.3, 0.4) is 0 Å². The summed E-state index contributed by atoms with van der Waals surface area (Å²) in [5, 5.41) is 0. The van der Waals surface area contributed by atoms with Gasteiger partial charge in [0.2, 0.25) is 0 Å². The molecular weight excluding hydrogens is 383 g/mol. The molecule has 158 valence electrons. The lowest BCUT2D eigenvalue weighted by molar-refractivity contribution is 0.0662. The van der Waals surface area contributed by atoms with Crippen molar-refractivity contribution in [3.8, 4) is 0 Å². The van der Waals surface area contributed by atoms with E-state index in [4.69, 9.17) is 0 Å². The van der Waals surface area contributed by atoms with Gasteiger partial charge in [-0.1, -0.05) is 6.07 Å². The molecule has 3 aliphatic heterocycles. The number of fused-ring (bicyclic) bond motifs is 4. The van der Waals surface area contributed by atoms with Crippen LogP contribution in [0.1, 0.15) is 46.9 Å². The topological polar surface area (TPSA) is 58.4 Å². The van der Waals surface area contributed by atoms with Gasteiger partial charge in [0.1, 0.15) is 11.7 Å². The zero-order chi connectivity index (χ0) is 20.7. The molecule has 2 bridgehead atoms. The van der Waals surface area contributed by atoms with Gasteiger partial charge in [-0.15, -0.1) is 0 Å². The fourth-order valence-corrected chi connectivity index (χ4v) is 5.28. The maximum atomic E-state index is 13.4. The summed E-state index contributed by atoms with van der Waals surface area (Å²) >= 11 is 0. The van der Waals surface area contributed by atoms with Crippen LogP contribution in [0.25, 0.3) is 0 Å². The highest BCUT2D eigenvalue weighted by Gasteiger charge is 2.36. The summed E-state index contributed by atoms with van der Waals surface area (Å²) in [6, 6.07) is 9.64. The molecule has 2 saturated heterocycles. The van der Waals surface area contributed by atoms with Crippen LogP contribution in [0.2, 0.25) is 0 Å². The van der Waals surface area contributed by atoms with Crippen LogP contribution in [0.5, 0.6) is 0 Å². The highest BCUT2D eigenvalue weighted by Crippen LogP contribution is 2.35. The fourth-order valence-electron chi connectivity index (χ4n) is 5.28. The van der Waals surface area contributed by atoms with E-state index >= 15 is 0 Å². The Bertz CT molecular complexity index is 984. The quantitative estimate of drug-likeness (QED) is 0.780. The standard InChI is InChI=1S/C23H27FN4O2/c24-18-6-9-27(10-7-18)22(29)20-4-5-21-17-11-16(13-28(21)23(20)30)12-26(14-17)15-19-3-1-2-8-25-19/h1-5,8,16-18H,6-7,9-15H2/t16-,17+/m0/s1. The van der Waals surface area contributed by atoms with Crippen LogP contribution in [0.15, 0.2) is 41.3 Å². The molecule has 2 aromatic rings. The van der Waals surface area contributed by atoms with E-state index in [1.807, 2.05) is 35.0 Å². The largest absolute Gasteiger partial charge is 0.338 e. The van der Waals surface area contributed by atoms with Crippen LogP contribution in [0, 0.1) is 5.92 Å². The van der Waals surface area contributed by atoms with Gasteiger partial charge in [0.05, 0.1) is 5.69 Å². The minimum Gasteiger partial charge on any atom is -0.338 e. The Balaban J connectivity index is 1.36. The number of carbonyl (C=O) groups excluding carboxylic acids is 1. The van der Waals surface area contributed by atoms with E-state index in [2.05, 4.69) is 9.88 Å². The van der Waals surface area contributed by atoms with Gasteiger partial charge in [-0.05, 0) is 49.4 Å². The van der Waals surface area contributed by atoms with Crippen molar-refractivity contribution in [1.29, 1.82) is 0 Å². The first-order valence-corrected chi connectivity index (χ1v) is 10.9. The number of hydrogen-bond acceptors (Lipinski definition) is 4. The smallest absolute Gasteiger partial charge is 0.263 e. The minimum absolute atomic E-state index is 0.187. The molecule has 6 nitrogen and oxygen atoms in total. The van der Waals surface area contributed by atoms with Crippen molar-refractivity contribution in [1.82, 2.24) is 19.4 Å². The molecule has 0 radical (unpaired) electrons. The highest BCUT2D eigenvalue weighted by molar-refractivity contribution is 5.94. The number of pyridine rings is 2. The zero-order valence-electron chi connectivity index (χ0n) is 17.0. The second-order valence-electron chi connectivity index (χ2n) is 8.87. The molecule has 5 rings (SSSR count). The number of amides is 1. The van der Waals surface area contributed by atoms with Crippen molar-refractivity contribution in [2.75, 3.05) is 26.2 Å². The Morgan fingerprint density at radius 3 is 2.70 bits per heavy atom. The summed E-state index contributed by atoms with van der Waals surface area (Å²) in [5.41, 5.74) is 2.13. The van der Waals surface area contributed by atoms with E-state index < -0.39 is 6.17 Å². The Kier molecular flexibility index (Phi) is 5.15. The van der Waals surface area contributed by atoms with Crippen molar-refractivity contribution < 1.29 is 9.18 Å². The van der Waals surface area contributed by atoms with Crippen molar-refractivity contribution in [3.05, 3.63) is 63.8 Å². The number of piperidine rings is 2. The second-order valence-corrected chi connectivity index (χ2v) is 8.87. The summed E-state index contributed by atoms with van der Waals surface area (Å²) in [4.78, 5) is 34.6. The molecule has 2 fully saturated rings. The normalized spacial score (nSPS) is 24.5. The third kappa shape index (κ3) is 3.67. The molecule has 5 heterocycles. The number of rotatable bonds is 3. The van der Waals surface area contributed by atoms with Gasteiger partial charge < -0.3 is 9.47 Å². The molecule has 0 N–H and O–H groups in total. The second kappa shape index (κ2) is 7.95. The molecule has 0 saturated carbocycles. The first-order chi connectivity index (χ1) is 14.6. The molecule has 0 aromatic carbocycles. The van der Waals surface area contributed by atoms with E-state index in [-0.39, 0.29) is 17.0 Å². The number of carbonyl (C=O) groups is 1. The van der Waals surface area contributed by atoms with Crippen molar-refractivity contribution >= 4 is 5.91 Å². The molecule has 0 aliphatic carbocycles. The maximum absolute atomic E-state index is 13.4. The van der Waals surface area contributed by atoms with Crippen molar-refractivity contribution in [2.45, 2.75) is 44.4 Å². The molecule has 3 aliphatic rings. The Hall–Kier alpha value is -2.54. The average molecular weight is 410 g/mol. The monoisotopic (exact) mass is 410 g/mol. The average Bonchev–Trinajstić information content (AvgIpc) is 2.75. The predicted molar refractivity (Wildman–Crippen MR) is 111 cm³/mol. The summed E-state index contributed by atoms with van der Waals surface area (Å²) in [6.07, 6.45) is 2.77. The van der Waals surface area contributed by atoms with E-state index in [0.29, 0.717) is 44.3 Å². The van der Waals surface area contributed by atoms with Gasteiger partial charge in [-0.3, -0.25) is 19.5 Å². The van der Waals surface area contributed by atoms with Crippen LogP contribution >= 0.6 is 0 Å². The minimum atomic E-state index is -0.841. The number of aromatic nitrogens is 2. The molecule has 0 spiro atoms. The summed E-state index contributed by atoms with van der Waals surface area (Å²) < 4.78 is 15.2. The fraction of sp³-hybridized carbons (Fsp3) is 0.522. The third-order valence-electron chi connectivity index (χ3n) is 6.73. The van der Waals surface area contributed by atoms with Crippen LogP contribution in [-0.2, 0) is 13.1 Å². The number of nitrogens with zero attached hydrogens (tertiary/aromatic N) is 4. The van der Waals surface area contributed by atoms with Crippen molar-refractivity contribution in [2.24, 2.45) is 5.92 Å².